The van der Waals surface area contributed by atoms with Gasteiger partial charge in [0.2, 0.25) is 0 Å². The van der Waals surface area contributed by atoms with Gasteiger partial charge in [-0.2, -0.15) is 0 Å². The van der Waals surface area contributed by atoms with E-state index < -0.39 is 0 Å². The Morgan fingerprint density at radius 1 is 1.08 bits per heavy atom. The van der Waals surface area contributed by atoms with Gasteiger partial charge in [0.15, 0.2) is 0 Å². The highest BCUT2D eigenvalue weighted by Gasteiger charge is 2.35. The fourth-order valence-corrected chi connectivity index (χ4v) is 3.43. The Hall–Kier alpha value is -2.72. The van der Waals surface area contributed by atoms with Gasteiger partial charge in [-0.05, 0) is 34.4 Å². The van der Waals surface area contributed by atoms with Crippen molar-refractivity contribution in [1.82, 2.24) is 9.80 Å². The number of quaternary nitrogens is 1. The van der Waals surface area contributed by atoms with Crippen LogP contribution in [0.2, 0.25) is 0 Å². The van der Waals surface area contributed by atoms with Crippen molar-refractivity contribution in [3.63, 3.8) is 0 Å². The average molecular weight is 319 g/mol. The summed E-state index contributed by atoms with van der Waals surface area (Å²) in [6, 6.07) is 13.6. The topological polar surface area (TPSA) is 46.2 Å². The minimum Gasteiger partial charge on any atom is -0.341 e. The van der Waals surface area contributed by atoms with Gasteiger partial charge >= 0.3 is 5.91 Å². The Morgan fingerprint density at radius 3 is 2.50 bits per heavy atom. The minimum absolute atomic E-state index is 0.0375. The van der Waals surface area contributed by atoms with E-state index >= 15 is 0 Å². The molecule has 1 atom stereocenters. The van der Waals surface area contributed by atoms with E-state index in [1.165, 1.54) is 0 Å². The van der Waals surface area contributed by atoms with Gasteiger partial charge in [-0.25, -0.2) is 9.28 Å². The van der Waals surface area contributed by atoms with E-state index in [-0.39, 0.29) is 22.3 Å². The van der Waals surface area contributed by atoms with E-state index in [4.69, 9.17) is 0 Å². The fraction of sp³-hybridized carbons (Fsp3) is 0.200. The highest BCUT2D eigenvalue weighted by Crippen LogP contribution is 2.45. The second kappa shape index (κ2) is 4.89. The predicted molar refractivity (Wildman–Crippen MR) is 95.3 cm³/mol. The van der Waals surface area contributed by atoms with Gasteiger partial charge in [0.1, 0.15) is 5.69 Å². The van der Waals surface area contributed by atoms with Gasteiger partial charge in [0.05, 0.1) is 27.1 Å². The zero-order valence-corrected chi connectivity index (χ0v) is 14.0. The average Bonchev–Trinajstić information content (AvgIpc) is 2.93. The van der Waals surface area contributed by atoms with E-state index in [2.05, 4.69) is 17.5 Å². The van der Waals surface area contributed by atoms with Crippen molar-refractivity contribution in [3.05, 3.63) is 64.7 Å². The smallest absolute Gasteiger partial charge is 0.315 e. The summed E-state index contributed by atoms with van der Waals surface area (Å²) in [5.41, 5.74) is 5.91. The van der Waals surface area contributed by atoms with Crippen LogP contribution in [0.25, 0.3) is 11.6 Å². The molecule has 1 unspecified atom stereocenters. The second-order valence-electron chi connectivity index (χ2n) is 6.84. The molecule has 0 bridgehead atoms. The zero-order valence-electron chi connectivity index (χ0n) is 14.0. The molecule has 2 aromatic rings. The number of hydrogen-bond acceptors (Lipinski definition) is 2. The fourth-order valence-electron chi connectivity index (χ4n) is 3.43. The maximum Gasteiger partial charge on any atom is 0.315 e. The summed E-state index contributed by atoms with van der Waals surface area (Å²) >= 11 is 0. The number of benzene rings is 2. The molecule has 1 aliphatic carbocycles. The van der Waals surface area contributed by atoms with Gasteiger partial charge in [0.25, 0.3) is 5.91 Å². The summed E-state index contributed by atoms with van der Waals surface area (Å²) in [6.45, 7) is 1.60. The molecule has 4 nitrogen and oxygen atoms in total. The van der Waals surface area contributed by atoms with Crippen molar-refractivity contribution < 1.29 is 9.59 Å². The Bertz CT molecular complexity index is 925. The molecule has 2 aliphatic rings. The van der Waals surface area contributed by atoms with Crippen LogP contribution in [0.5, 0.6) is 0 Å². The number of nitrogens with one attached hydrogen (secondary N) is 1. The summed E-state index contributed by atoms with van der Waals surface area (Å²) < 4.78 is 0.198. The predicted octanol–water partition coefficient (Wildman–Crippen LogP) is 3.14. The lowest BCUT2D eigenvalue weighted by Gasteiger charge is -2.27. The molecule has 2 aromatic carbocycles. The molecule has 0 aromatic heterocycles. The Balaban J connectivity index is 1.85. The maximum atomic E-state index is 12.4. The van der Waals surface area contributed by atoms with Crippen molar-refractivity contribution in [2.24, 2.45) is 0 Å². The summed E-state index contributed by atoms with van der Waals surface area (Å²) in [5.74, 6) is 0.0428. The normalized spacial score (nSPS) is 18.2. The van der Waals surface area contributed by atoms with Gasteiger partial charge in [0, 0.05) is 17.7 Å². The van der Waals surface area contributed by atoms with Crippen LogP contribution in [-0.2, 0) is 4.79 Å². The molecule has 0 saturated heterocycles. The van der Waals surface area contributed by atoms with E-state index in [1.807, 2.05) is 50.5 Å². The molecule has 120 valence electrons. The summed E-state index contributed by atoms with van der Waals surface area (Å²) in [5, 5.41) is 3.09. The van der Waals surface area contributed by atoms with Crippen molar-refractivity contribution in [2.45, 2.75) is 13.0 Å². The lowest BCUT2D eigenvalue weighted by Crippen LogP contribution is -2.44. The third-order valence-corrected chi connectivity index (χ3v) is 5.19. The van der Waals surface area contributed by atoms with Crippen LogP contribution in [0.3, 0.4) is 0 Å². The standard InChI is InChI=1S/C20H18N2O2/c1-12(23)22(2,3)14-8-9-15-13(10-14)11-18-16-6-4-5-7-17(16)20(24)21-19(15)18/h4-11,19H,1-3H3/p+1. The molecule has 2 amide bonds. The molecule has 1 N–H and O–H groups in total. The van der Waals surface area contributed by atoms with Gasteiger partial charge in [-0.15, -0.1) is 0 Å². The van der Waals surface area contributed by atoms with E-state index in [1.54, 1.807) is 6.92 Å². The molecular formula is C20H19N2O2+. The lowest BCUT2D eigenvalue weighted by atomic mass is 9.90. The van der Waals surface area contributed by atoms with Crippen LogP contribution in [0.1, 0.15) is 40.0 Å². The van der Waals surface area contributed by atoms with Crippen LogP contribution in [0.4, 0.5) is 5.69 Å². The SMILES string of the molecule is CC(=O)[N+](C)(C)c1ccc2c(c1)C=C1c3ccccc3C(=O)NC12. The van der Waals surface area contributed by atoms with Gasteiger partial charge < -0.3 is 5.32 Å². The minimum atomic E-state index is -0.107. The maximum absolute atomic E-state index is 12.4. The van der Waals surface area contributed by atoms with Gasteiger partial charge in [-0.1, -0.05) is 24.3 Å². The lowest BCUT2D eigenvalue weighted by molar-refractivity contribution is -0.125. The highest BCUT2D eigenvalue weighted by molar-refractivity contribution is 6.08. The van der Waals surface area contributed by atoms with Crippen LogP contribution in [0, 0.1) is 0 Å². The highest BCUT2D eigenvalue weighted by atomic mass is 16.2. The first-order valence-corrected chi connectivity index (χ1v) is 8.01. The van der Waals surface area contributed by atoms with Crippen molar-refractivity contribution in [1.29, 1.82) is 0 Å². The molecular weight excluding hydrogens is 300 g/mol. The molecule has 0 saturated carbocycles. The number of carbonyl (C=O) groups is 2. The first-order valence-electron chi connectivity index (χ1n) is 8.01. The number of rotatable bonds is 1. The zero-order chi connectivity index (χ0) is 17.1. The molecule has 4 heteroatoms. The summed E-state index contributed by atoms with van der Waals surface area (Å²) in [7, 11) is 3.77. The van der Waals surface area contributed by atoms with Crippen LogP contribution in [-0.4, -0.2) is 25.9 Å². The van der Waals surface area contributed by atoms with Crippen LogP contribution >= 0.6 is 0 Å². The van der Waals surface area contributed by atoms with Crippen LogP contribution in [0.15, 0.2) is 42.5 Å². The number of carbonyl (C=O) groups excluding carboxylic acids is 2. The first kappa shape index (κ1) is 14.8. The van der Waals surface area contributed by atoms with Gasteiger partial charge in [-0.3, -0.25) is 4.79 Å². The molecule has 1 aliphatic heterocycles. The van der Waals surface area contributed by atoms with Crippen LogP contribution < -0.4 is 9.80 Å². The summed E-state index contributed by atoms with van der Waals surface area (Å²) in [4.78, 5) is 24.3. The third kappa shape index (κ3) is 1.96. The molecule has 0 spiro atoms. The molecule has 4 rings (SSSR count). The number of fused-ring (bicyclic) bond motifs is 5. The van der Waals surface area contributed by atoms with Crippen molar-refractivity contribution >= 4 is 29.2 Å². The number of hydrogen-bond donors (Lipinski definition) is 1. The third-order valence-electron chi connectivity index (χ3n) is 5.19. The Kier molecular flexibility index (Phi) is 3.02. The van der Waals surface area contributed by atoms with Crippen molar-refractivity contribution in [2.75, 3.05) is 14.1 Å². The molecule has 24 heavy (non-hydrogen) atoms. The first-order chi connectivity index (χ1) is 11.4. The largest absolute Gasteiger partial charge is 0.341 e. The number of nitrogens with zero attached hydrogens (tertiary/aromatic N) is 1. The number of amides is 2. The summed E-state index contributed by atoms with van der Waals surface area (Å²) in [6.07, 6.45) is 2.13. The van der Waals surface area contributed by atoms with E-state index in [0.717, 1.165) is 28.0 Å². The van der Waals surface area contributed by atoms with Crippen molar-refractivity contribution in [3.8, 4) is 0 Å². The Morgan fingerprint density at radius 2 is 1.79 bits per heavy atom. The monoisotopic (exact) mass is 319 g/mol. The molecule has 0 fully saturated rings. The molecule has 1 heterocycles. The quantitative estimate of drug-likeness (QED) is 0.821. The van der Waals surface area contributed by atoms with E-state index in [9.17, 15) is 9.59 Å². The van der Waals surface area contributed by atoms with E-state index in [0.29, 0.717) is 5.56 Å². The Labute approximate surface area is 141 Å². The second-order valence-corrected chi connectivity index (χ2v) is 6.84. The molecule has 0 radical (unpaired) electrons.